The molecule has 3 nitrogen and oxygen atoms in total. The summed E-state index contributed by atoms with van der Waals surface area (Å²) in [5.74, 6) is 0.940. The van der Waals surface area contributed by atoms with Crippen LogP contribution in [0.25, 0.3) is 0 Å². The van der Waals surface area contributed by atoms with Crippen LogP contribution in [0.4, 0.5) is 0 Å². The summed E-state index contributed by atoms with van der Waals surface area (Å²) in [6.45, 7) is 3.89. The average Bonchev–Trinajstić information content (AvgIpc) is 2.55. The van der Waals surface area contributed by atoms with E-state index in [1.165, 1.54) is 17.5 Å². The second kappa shape index (κ2) is 6.82. The molecule has 0 bridgehead atoms. The van der Waals surface area contributed by atoms with Crippen LogP contribution in [0.3, 0.4) is 0 Å². The lowest BCUT2D eigenvalue weighted by Gasteiger charge is -2.36. The molecule has 1 saturated heterocycles. The molecule has 120 valence electrons. The van der Waals surface area contributed by atoms with E-state index in [0.717, 1.165) is 45.2 Å². The Morgan fingerprint density at radius 3 is 2.68 bits per heavy atom. The highest BCUT2D eigenvalue weighted by molar-refractivity contribution is 5.79. The van der Waals surface area contributed by atoms with Crippen LogP contribution in [0.15, 0.2) is 24.3 Å². The van der Waals surface area contributed by atoms with Gasteiger partial charge in [-0.15, -0.1) is 0 Å². The van der Waals surface area contributed by atoms with Gasteiger partial charge in [-0.2, -0.15) is 0 Å². The highest BCUT2D eigenvalue weighted by atomic mass is 16.3. The van der Waals surface area contributed by atoms with E-state index in [4.69, 9.17) is 0 Å². The van der Waals surface area contributed by atoms with Gasteiger partial charge in [-0.1, -0.05) is 29.8 Å². The standard InChI is InChI=1S/C19H27NO2/c1-14-4-2-5-16(12-14)17-6-3-11-20(13-17)19(22)15-7-9-18(21)10-8-15/h2,4-5,12,15,17-18,21H,3,6-11,13H2,1H3. The van der Waals surface area contributed by atoms with E-state index in [1.54, 1.807) is 0 Å². The number of aryl methyl sites for hydroxylation is 1. The van der Waals surface area contributed by atoms with Gasteiger partial charge >= 0.3 is 0 Å². The molecule has 1 aliphatic heterocycles. The molecule has 1 atom stereocenters. The van der Waals surface area contributed by atoms with Crippen molar-refractivity contribution in [3.05, 3.63) is 35.4 Å². The first-order valence-electron chi connectivity index (χ1n) is 8.67. The minimum Gasteiger partial charge on any atom is -0.393 e. The molecule has 1 N–H and O–H groups in total. The maximum Gasteiger partial charge on any atom is 0.225 e. The summed E-state index contributed by atoms with van der Waals surface area (Å²) < 4.78 is 0. The summed E-state index contributed by atoms with van der Waals surface area (Å²) in [6.07, 6.45) is 5.36. The van der Waals surface area contributed by atoms with Gasteiger partial charge in [-0.3, -0.25) is 4.79 Å². The number of aliphatic hydroxyl groups excluding tert-OH is 1. The molecule has 0 aromatic heterocycles. The van der Waals surface area contributed by atoms with Gasteiger partial charge in [0.05, 0.1) is 6.10 Å². The molecule has 0 spiro atoms. The van der Waals surface area contributed by atoms with Crippen LogP contribution in [-0.4, -0.2) is 35.1 Å². The van der Waals surface area contributed by atoms with Crippen LogP contribution in [0.2, 0.25) is 0 Å². The van der Waals surface area contributed by atoms with Crippen molar-refractivity contribution >= 4 is 5.91 Å². The van der Waals surface area contributed by atoms with Crippen molar-refractivity contribution in [2.24, 2.45) is 5.92 Å². The van der Waals surface area contributed by atoms with Crippen molar-refractivity contribution in [2.75, 3.05) is 13.1 Å². The molecule has 2 fully saturated rings. The quantitative estimate of drug-likeness (QED) is 0.911. The van der Waals surface area contributed by atoms with Crippen molar-refractivity contribution in [3.8, 4) is 0 Å². The Bertz CT molecular complexity index is 520. The number of aliphatic hydroxyl groups is 1. The van der Waals surface area contributed by atoms with Gasteiger partial charge in [0.2, 0.25) is 5.91 Å². The van der Waals surface area contributed by atoms with Crippen LogP contribution < -0.4 is 0 Å². The number of hydrogen-bond donors (Lipinski definition) is 1. The van der Waals surface area contributed by atoms with Crippen LogP contribution in [0, 0.1) is 12.8 Å². The molecule has 1 heterocycles. The number of likely N-dealkylation sites (tertiary alicyclic amines) is 1. The van der Waals surface area contributed by atoms with Gasteiger partial charge < -0.3 is 10.0 Å². The second-order valence-corrected chi connectivity index (χ2v) is 7.04. The summed E-state index contributed by atoms with van der Waals surface area (Å²) in [5.41, 5.74) is 2.67. The van der Waals surface area contributed by atoms with Gasteiger partial charge in [-0.25, -0.2) is 0 Å². The van der Waals surface area contributed by atoms with Crippen LogP contribution in [-0.2, 0) is 4.79 Å². The van der Waals surface area contributed by atoms with Crippen molar-refractivity contribution in [1.29, 1.82) is 0 Å². The van der Waals surface area contributed by atoms with Gasteiger partial charge in [-0.05, 0) is 51.0 Å². The van der Waals surface area contributed by atoms with Crippen LogP contribution >= 0.6 is 0 Å². The predicted molar refractivity (Wildman–Crippen MR) is 87.7 cm³/mol. The van der Waals surface area contributed by atoms with Crippen molar-refractivity contribution in [2.45, 2.75) is 57.5 Å². The van der Waals surface area contributed by atoms with Gasteiger partial charge in [0.1, 0.15) is 0 Å². The fourth-order valence-electron chi connectivity index (χ4n) is 3.95. The fraction of sp³-hybridized carbons (Fsp3) is 0.632. The van der Waals surface area contributed by atoms with Crippen molar-refractivity contribution in [1.82, 2.24) is 4.90 Å². The van der Waals surface area contributed by atoms with E-state index in [2.05, 4.69) is 36.1 Å². The molecule has 3 heteroatoms. The zero-order chi connectivity index (χ0) is 15.5. The summed E-state index contributed by atoms with van der Waals surface area (Å²) >= 11 is 0. The average molecular weight is 301 g/mol. The minimum atomic E-state index is -0.189. The second-order valence-electron chi connectivity index (χ2n) is 7.04. The van der Waals surface area contributed by atoms with E-state index in [-0.39, 0.29) is 12.0 Å². The van der Waals surface area contributed by atoms with Gasteiger partial charge in [0.15, 0.2) is 0 Å². The Kier molecular flexibility index (Phi) is 4.82. The molecule has 1 saturated carbocycles. The number of hydrogen-bond acceptors (Lipinski definition) is 2. The zero-order valence-corrected chi connectivity index (χ0v) is 13.5. The molecule has 3 rings (SSSR count). The summed E-state index contributed by atoms with van der Waals surface area (Å²) in [7, 11) is 0. The summed E-state index contributed by atoms with van der Waals surface area (Å²) in [5, 5.41) is 9.61. The first-order valence-corrected chi connectivity index (χ1v) is 8.67. The Morgan fingerprint density at radius 1 is 1.18 bits per heavy atom. The first-order chi connectivity index (χ1) is 10.6. The first kappa shape index (κ1) is 15.5. The zero-order valence-electron chi connectivity index (χ0n) is 13.5. The molecule has 1 aromatic rings. The van der Waals surface area contributed by atoms with Crippen molar-refractivity contribution in [3.63, 3.8) is 0 Å². The highest BCUT2D eigenvalue weighted by Gasteiger charge is 2.31. The van der Waals surface area contributed by atoms with Crippen LogP contribution in [0.1, 0.15) is 55.6 Å². The lowest BCUT2D eigenvalue weighted by Crippen LogP contribution is -2.43. The Labute approximate surface area is 133 Å². The fourth-order valence-corrected chi connectivity index (χ4v) is 3.95. The van der Waals surface area contributed by atoms with E-state index < -0.39 is 0 Å². The predicted octanol–water partition coefficient (Wildman–Crippen LogP) is 3.25. The molecule has 1 aliphatic carbocycles. The maximum absolute atomic E-state index is 12.7. The molecule has 1 amide bonds. The number of piperidine rings is 1. The molecular weight excluding hydrogens is 274 g/mol. The molecular formula is C19H27NO2. The molecule has 1 aromatic carbocycles. The Balaban J connectivity index is 1.64. The van der Waals surface area contributed by atoms with Crippen LogP contribution in [0.5, 0.6) is 0 Å². The highest BCUT2D eigenvalue weighted by Crippen LogP contribution is 2.31. The maximum atomic E-state index is 12.7. The third-order valence-corrected chi connectivity index (χ3v) is 5.29. The normalized spacial score (nSPS) is 29.4. The van der Waals surface area contributed by atoms with E-state index in [9.17, 15) is 9.90 Å². The molecule has 1 unspecified atom stereocenters. The lowest BCUT2D eigenvalue weighted by molar-refractivity contribution is -0.138. The topological polar surface area (TPSA) is 40.5 Å². The lowest BCUT2D eigenvalue weighted by atomic mass is 9.85. The SMILES string of the molecule is Cc1cccc(C2CCCN(C(=O)C3CCC(O)CC3)C2)c1. The minimum absolute atomic E-state index is 0.139. The number of rotatable bonds is 2. The van der Waals surface area contributed by atoms with E-state index >= 15 is 0 Å². The number of nitrogens with zero attached hydrogens (tertiary/aromatic N) is 1. The van der Waals surface area contributed by atoms with Gasteiger partial charge in [0.25, 0.3) is 0 Å². The third-order valence-electron chi connectivity index (χ3n) is 5.29. The summed E-state index contributed by atoms with van der Waals surface area (Å²) in [6, 6.07) is 8.70. The monoisotopic (exact) mass is 301 g/mol. The third kappa shape index (κ3) is 3.52. The molecule has 22 heavy (non-hydrogen) atoms. The van der Waals surface area contributed by atoms with Gasteiger partial charge in [0, 0.05) is 24.9 Å². The summed E-state index contributed by atoms with van der Waals surface area (Å²) in [4.78, 5) is 14.8. The Morgan fingerprint density at radius 2 is 1.95 bits per heavy atom. The largest absolute Gasteiger partial charge is 0.393 e. The van der Waals surface area contributed by atoms with E-state index in [0.29, 0.717) is 11.8 Å². The molecule has 0 radical (unpaired) electrons. The smallest absolute Gasteiger partial charge is 0.225 e. The number of benzene rings is 1. The number of carbonyl (C=O) groups excluding carboxylic acids is 1. The Hall–Kier alpha value is -1.35. The van der Waals surface area contributed by atoms with E-state index in [1.807, 2.05) is 0 Å². The number of amides is 1. The molecule has 2 aliphatic rings. The van der Waals surface area contributed by atoms with Crippen molar-refractivity contribution < 1.29 is 9.90 Å². The number of carbonyl (C=O) groups is 1.